The van der Waals surface area contributed by atoms with Gasteiger partial charge in [-0.25, -0.2) is 4.68 Å². The van der Waals surface area contributed by atoms with Gasteiger partial charge in [-0.15, -0.1) is 10.2 Å². The number of nitrogens with zero attached hydrogens (tertiary/aromatic N) is 4. The minimum Gasteiger partial charge on any atom is -0.323 e. The van der Waals surface area contributed by atoms with E-state index in [2.05, 4.69) is 43.5 Å². The summed E-state index contributed by atoms with van der Waals surface area (Å²) in [6.07, 6.45) is 0.715. The molecule has 0 fully saturated rings. The minimum atomic E-state index is 0.446. The number of aryl methyl sites for hydroxylation is 1. The summed E-state index contributed by atoms with van der Waals surface area (Å²) < 4.78 is 2.79. The summed E-state index contributed by atoms with van der Waals surface area (Å²) in [5.74, 6) is 0.667. The van der Waals surface area contributed by atoms with E-state index in [0.29, 0.717) is 27.3 Å². The van der Waals surface area contributed by atoms with Gasteiger partial charge in [-0.3, -0.25) is 0 Å². The minimum absolute atomic E-state index is 0.446. The van der Waals surface area contributed by atoms with E-state index in [9.17, 15) is 0 Å². The average Bonchev–Trinajstić information content (AvgIpc) is 3.05. The van der Waals surface area contributed by atoms with Crippen molar-refractivity contribution in [3.8, 4) is 5.82 Å². The Morgan fingerprint density at radius 1 is 0.897 bits per heavy atom. The molecule has 2 aromatic carbocycles. The van der Waals surface area contributed by atoms with Crippen LogP contribution in [0.4, 0.5) is 0 Å². The molecule has 0 spiro atoms. The zero-order chi connectivity index (χ0) is 20.0. The molecule has 0 aliphatic heterocycles. The maximum atomic E-state index is 5.45. The van der Waals surface area contributed by atoms with E-state index < -0.39 is 0 Å². The molecule has 0 unspecified atom stereocenters. The van der Waals surface area contributed by atoms with Gasteiger partial charge in [0.15, 0.2) is 16.2 Å². The number of hydrogen-bond acceptors (Lipinski definition) is 5. The molecular weight excluding hydrogens is 400 g/mol. The van der Waals surface area contributed by atoms with Crippen molar-refractivity contribution in [3.05, 3.63) is 81.0 Å². The molecule has 0 amide bonds. The first-order valence-electron chi connectivity index (χ1n) is 9.12. The van der Waals surface area contributed by atoms with Crippen molar-refractivity contribution >= 4 is 46.2 Å². The fraction of sp³-hybridized carbons (Fsp3) is 0.0952. The molecule has 0 bridgehead atoms. The van der Waals surface area contributed by atoms with Gasteiger partial charge in [0.2, 0.25) is 0 Å². The van der Waals surface area contributed by atoms with Gasteiger partial charge in [0, 0.05) is 17.2 Å². The number of aromatic amines is 2. The number of hydrogen-bond donors (Lipinski definition) is 2. The summed E-state index contributed by atoms with van der Waals surface area (Å²) in [5, 5.41) is 16.6. The fourth-order valence-corrected chi connectivity index (χ4v) is 4.20. The van der Waals surface area contributed by atoms with Gasteiger partial charge >= 0.3 is 0 Å². The highest BCUT2D eigenvalue weighted by Gasteiger charge is 2.17. The Bertz CT molecular complexity index is 1480. The maximum absolute atomic E-state index is 5.45. The maximum Gasteiger partial charge on any atom is 0.183 e. The molecule has 3 aromatic heterocycles. The van der Waals surface area contributed by atoms with Gasteiger partial charge in [-0.05, 0) is 24.7 Å². The van der Waals surface area contributed by atoms with Gasteiger partial charge < -0.3 is 9.97 Å². The lowest BCUT2D eigenvalue weighted by Crippen LogP contribution is -2.07. The summed E-state index contributed by atoms with van der Waals surface area (Å²) in [6, 6.07) is 18.4. The Kier molecular flexibility index (Phi) is 4.30. The lowest BCUT2D eigenvalue weighted by atomic mass is 10.0. The van der Waals surface area contributed by atoms with Crippen LogP contribution in [-0.4, -0.2) is 29.9 Å². The van der Waals surface area contributed by atoms with Crippen molar-refractivity contribution in [2.24, 2.45) is 0 Å². The molecule has 5 rings (SSSR count). The molecule has 0 saturated heterocycles. The van der Waals surface area contributed by atoms with Gasteiger partial charge in [-0.1, -0.05) is 66.8 Å². The summed E-state index contributed by atoms with van der Waals surface area (Å²) in [4.78, 5) is 6.04. The number of nitrogens with one attached hydrogen (secondary N) is 2. The van der Waals surface area contributed by atoms with E-state index >= 15 is 0 Å². The second kappa shape index (κ2) is 6.98. The fourth-order valence-electron chi connectivity index (χ4n) is 3.59. The quantitative estimate of drug-likeness (QED) is 0.406. The lowest BCUT2D eigenvalue weighted by molar-refractivity contribution is 0.797. The third-order valence-electron chi connectivity index (χ3n) is 4.96. The Hall–Kier alpha value is -3.23. The molecule has 0 aliphatic rings. The Morgan fingerprint density at radius 2 is 1.62 bits per heavy atom. The molecule has 0 atom stereocenters. The van der Waals surface area contributed by atoms with Crippen LogP contribution in [0, 0.1) is 16.3 Å². The number of H-pyrrole nitrogens is 2. The van der Waals surface area contributed by atoms with Gasteiger partial charge in [0.1, 0.15) is 4.64 Å². The van der Waals surface area contributed by atoms with Crippen LogP contribution in [-0.2, 0) is 6.42 Å². The standard InChI is InChI=1S/C21H16N6S2/c1-12-17-18(22-21(29)23-20(17)28)26-27(12)19-15-10-6-5-9-14(15)16(24-25-19)11-13-7-3-2-4-8-13/h2-10H,11H2,1H3,(H2,22,23,26,28,29). The van der Waals surface area contributed by atoms with E-state index in [0.717, 1.165) is 27.5 Å². The number of aromatic nitrogens is 6. The van der Waals surface area contributed by atoms with Crippen molar-refractivity contribution in [3.63, 3.8) is 0 Å². The van der Waals surface area contributed by atoms with E-state index in [-0.39, 0.29) is 0 Å². The van der Waals surface area contributed by atoms with Crippen LogP contribution in [0.2, 0.25) is 0 Å². The number of fused-ring (bicyclic) bond motifs is 2. The molecule has 5 aromatic rings. The van der Waals surface area contributed by atoms with Gasteiger partial charge in [-0.2, -0.15) is 5.10 Å². The second-order valence-corrected chi connectivity index (χ2v) is 7.62. The SMILES string of the molecule is Cc1c2c(=S)[nH]c(=S)[nH]c2nn1-c1nnc(Cc2ccccc2)c2ccccc12. The number of rotatable bonds is 3. The molecule has 142 valence electrons. The van der Waals surface area contributed by atoms with Gasteiger partial charge in [0.25, 0.3) is 0 Å². The van der Waals surface area contributed by atoms with Crippen LogP contribution in [0.1, 0.15) is 17.0 Å². The summed E-state index contributed by atoms with van der Waals surface area (Å²) >= 11 is 10.6. The highest BCUT2D eigenvalue weighted by molar-refractivity contribution is 7.72. The van der Waals surface area contributed by atoms with Crippen LogP contribution in [0.3, 0.4) is 0 Å². The molecule has 6 nitrogen and oxygen atoms in total. The van der Waals surface area contributed by atoms with Crippen molar-refractivity contribution in [2.75, 3.05) is 0 Å². The van der Waals surface area contributed by atoms with E-state index in [1.807, 2.05) is 43.3 Å². The number of benzene rings is 2. The molecule has 2 N–H and O–H groups in total. The predicted octanol–water partition coefficient (Wildman–Crippen LogP) is 4.98. The highest BCUT2D eigenvalue weighted by atomic mass is 32.1. The van der Waals surface area contributed by atoms with Crippen molar-refractivity contribution in [1.82, 2.24) is 29.9 Å². The monoisotopic (exact) mass is 416 g/mol. The molecule has 0 radical (unpaired) electrons. The second-order valence-electron chi connectivity index (χ2n) is 6.81. The van der Waals surface area contributed by atoms with E-state index in [4.69, 9.17) is 24.4 Å². The van der Waals surface area contributed by atoms with Crippen LogP contribution < -0.4 is 0 Å². The lowest BCUT2D eigenvalue weighted by Gasteiger charge is -2.10. The summed E-state index contributed by atoms with van der Waals surface area (Å²) in [7, 11) is 0. The van der Waals surface area contributed by atoms with Crippen molar-refractivity contribution in [1.29, 1.82) is 0 Å². The van der Waals surface area contributed by atoms with Crippen LogP contribution in [0.5, 0.6) is 0 Å². The normalized spacial score (nSPS) is 11.3. The molecule has 3 heterocycles. The molecule has 0 aliphatic carbocycles. The summed E-state index contributed by atoms with van der Waals surface area (Å²) in [6.45, 7) is 1.96. The third kappa shape index (κ3) is 3.06. The Morgan fingerprint density at radius 3 is 2.41 bits per heavy atom. The average molecular weight is 417 g/mol. The third-order valence-corrected chi connectivity index (χ3v) is 5.47. The molecule has 0 saturated carbocycles. The predicted molar refractivity (Wildman–Crippen MR) is 119 cm³/mol. The Balaban J connectivity index is 1.73. The van der Waals surface area contributed by atoms with Gasteiger partial charge in [0.05, 0.1) is 16.8 Å². The first kappa shape index (κ1) is 17.8. The molecule has 8 heteroatoms. The van der Waals surface area contributed by atoms with Crippen molar-refractivity contribution < 1.29 is 0 Å². The van der Waals surface area contributed by atoms with Crippen LogP contribution in [0.25, 0.3) is 27.6 Å². The first-order valence-corrected chi connectivity index (χ1v) is 9.94. The highest BCUT2D eigenvalue weighted by Crippen LogP contribution is 2.26. The topological polar surface area (TPSA) is 75.2 Å². The zero-order valence-corrected chi connectivity index (χ0v) is 17.1. The van der Waals surface area contributed by atoms with E-state index in [1.165, 1.54) is 5.56 Å². The Labute approximate surface area is 176 Å². The largest absolute Gasteiger partial charge is 0.323 e. The van der Waals surface area contributed by atoms with Crippen LogP contribution >= 0.6 is 24.4 Å². The smallest absolute Gasteiger partial charge is 0.183 e. The van der Waals surface area contributed by atoms with Crippen LogP contribution in [0.15, 0.2) is 54.6 Å². The van der Waals surface area contributed by atoms with E-state index in [1.54, 1.807) is 4.68 Å². The first-order chi connectivity index (χ1) is 14.1. The molecule has 29 heavy (non-hydrogen) atoms. The van der Waals surface area contributed by atoms with Crippen molar-refractivity contribution in [2.45, 2.75) is 13.3 Å². The zero-order valence-electron chi connectivity index (χ0n) is 15.5. The summed E-state index contributed by atoms with van der Waals surface area (Å²) in [5.41, 5.74) is 3.64. The molecular formula is C21H16N6S2.